The number of nitrogens with one attached hydrogen (secondary N) is 1. The molecule has 178 valence electrons. The van der Waals surface area contributed by atoms with E-state index in [0.717, 1.165) is 0 Å². The van der Waals surface area contributed by atoms with Gasteiger partial charge in [-0.05, 0) is 45.0 Å². The van der Waals surface area contributed by atoms with Crippen LogP contribution in [0.25, 0.3) is 22.2 Å². The first-order chi connectivity index (χ1) is 15.9. The number of nitrogens with zero attached hydrogens (tertiary/aromatic N) is 3. The lowest BCUT2D eigenvalue weighted by molar-refractivity contribution is -0.0498. The van der Waals surface area contributed by atoms with Crippen LogP contribution in [0.4, 0.5) is 8.78 Å². The van der Waals surface area contributed by atoms with Crippen LogP contribution in [0.5, 0.6) is 5.75 Å². The fourth-order valence-corrected chi connectivity index (χ4v) is 6.25. The molecule has 11 heteroatoms. The van der Waals surface area contributed by atoms with E-state index in [1.54, 1.807) is 29.8 Å². The van der Waals surface area contributed by atoms with Crippen LogP contribution in [0.15, 0.2) is 36.4 Å². The van der Waals surface area contributed by atoms with Crippen LogP contribution >= 0.6 is 0 Å². The number of alkyl halides is 2. The fourth-order valence-electron chi connectivity index (χ4n) is 4.25. The molecule has 1 saturated heterocycles. The fraction of sp³-hybridized carbons (Fsp3) is 0.348. The average molecular weight is 489 g/mol. The summed E-state index contributed by atoms with van der Waals surface area (Å²) in [6.45, 7) is 2.43. The number of halogens is 2. The molecule has 0 unspecified atom stereocenters. The van der Waals surface area contributed by atoms with Crippen molar-refractivity contribution in [1.29, 1.82) is 5.26 Å². The van der Waals surface area contributed by atoms with Crippen LogP contribution in [0.3, 0.4) is 0 Å². The summed E-state index contributed by atoms with van der Waals surface area (Å²) in [6, 6.07) is 11.0. The van der Waals surface area contributed by atoms with Gasteiger partial charge in [-0.1, -0.05) is 12.1 Å². The Morgan fingerprint density at radius 3 is 2.56 bits per heavy atom. The van der Waals surface area contributed by atoms with Crippen molar-refractivity contribution < 1.29 is 26.7 Å². The van der Waals surface area contributed by atoms with Gasteiger partial charge >= 0.3 is 6.61 Å². The van der Waals surface area contributed by atoms with Crippen molar-refractivity contribution in [2.45, 2.75) is 39.0 Å². The minimum atomic E-state index is -3.16. The molecule has 1 fully saturated rings. The highest BCUT2D eigenvalue weighted by atomic mass is 32.2. The third-order valence-corrected chi connectivity index (χ3v) is 7.66. The topological polar surface area (TPSA) is 114 Å². The summed E-state index contributed by atoms with van der Waals surface area (Å²) in [5, 5.41) is 17.7. The normalized spacial score (nSPS) is 16.3. The second kappa shape index (κ2) is 8.36. The largest absolute Gasteiger partial charge is 0.435 e. The lowest BCUT2D eigenvalue weighted by Gasteiger charge is -2.38. The molecule has 1 aliphatic rings. The zero-order valence-corrected chi connectivity index (χ0v) is 19.5. The van der Waals surface area contributed by atoms with Gasteiger partial charge < -0.3 is 10.1 Å². The predicted molar refractivity (Wildman–Crippen MR) is 121 cm³/mol. The van der Waals surface area contributed by atoms with Gasteiger partial charge in [0.15, 0.2) is 9.84 Å². The van der Waals surface area contributed by atoms with Crippen LogP contribution in [-0.4, -0.2) is 47.8 Å². The number of sulfone groups is 1. The molecule has 4 rings (SSSR count). The highest BCUT2D eigenvalue weighted by Gasteiger charge is 2.45. The molecule has 1 N–H and O–H groups in total. The number of ether oxygens (including phenoxy) is 1. The van der Waals surface area contributed by atoms with Gasteiger partial charge in [0, 0.05) is 22.6 Å². The Hall–Kier alpha value is -3.52. The third-order valence-electron chi connectivity index (χ3n) is 5.51. The van der Waals surface area contributed by atoms with Crippen molar-refractivity contribution in [3.8, 4) is 23.1 Å². The van der Waals surface area contributed by atoms with Gasteiger partial charge in [-0.2, -0.15) is 19.1 Å². The number of amides is 1. The predicted octanol–water partition coefficient (Wildman–Crippen LogP) is 3.67. The zero-order chi connectivity index (χ0) is 24.8. The third kappa shape index (κ3) is 4.46. The molecule has 0 radical (unpaired) electrons. The summed E-state index contributed by atoms with van der Waals surface area (Å²) in [4.78, 5) is 12.9. The van der Waals surface area contributed by atoms with Gasteiger partial charge in [-0.3, -0.25) is 9.48 Å². The van der Waals surface area contributed by atoms with Crippen LogP contribution in [-0.2, 0) is 9.84 Å². The Bertz CT molecular complexity index is 1430. The summed E-state index contributed by atoms with van der Waals surface area (Å²) in [5.74, 6) is -0.840. The van der Waals surface area contributed by atoms with Gasteiger partial charge in [0.05, 0.1) is 34.2 Å². The van der Waals surface area contributed by atoms with E-state index in [1.807, 2.05) is 13.8 Å². The van der Waals surface area contributed by atoms with Crippen LogP contribution in [0, 0.1) is 11.3 Å². The van der Waals surface area contributed by atoms with Crippen LogP contribution in [0.2, 0.25) is 0 Å². The van der Waals surface area contributed by atoms with Crippen LogP contribution in [0.1, 0.15) is 42.7 Å². The van der Waals surface area contributed by atoms with E-state index >= 15 is 0 Å². The van der Waals surface area contributed by atoms with Crippen molar-refractivity contribution in [3.05, 3.63) is 47.5 Å². The van der Waals surface area contributed by atoms with E-state index in [0.29, 0.717) is 22.2 Å². The summed E-state index contributed by atoms with van der Waals surface area (Å²) in [7, 11) is -3.16. The first-order valence-electron chi connectivity index (χ1n) is 10.5. The minimum absolute atomic E-state index is 0.0436. The molecule has 0 saturated carbocycles. The summed E-state index contributed by atoms with van der Waals surface area (Å²) >= 11 is 0. The Morgan fingerprint density at radius 1 is 1.26 bits per heavy atom. The summed E-state index contributed by atoms with van der Waals surface area (Å²) in [5.41, 5.74) is 0.883. The van der Waals surface area contributed by atoms with E-state index < -0.39 is 27.9 Å². The SMILES string of the molecule is CC(C)n1nc(-c2cccc(OC(F)F)c2)c2c(C#N)cc(C(=O)NC3(C)CS(=O)(=O)C3)cc21. The Morgan fingerprint density at radius 2 is 1.97 bits per heavy atom. The molecular weight excluding hydrogens is 466 g/mol. The van der Waals surface area contributed by atoms with Crippen LogP contribution < -0.4 is 10.1 Å². The molecule has 0 bridgehead atoms. The maximum Gasteiger partial charge on any atom is 0.387 e. The molecule has 3 aromatic rings. The number of carbonyl (C=O) groups is 1. The van der Waals surface area contributed by atoms with Crippen molar-refractivity contribution in [1.82, 2.24) is 15.1 Å². The number of hydrogen-bond acceptors (Lipinski definition) is 6. The second-order valence-electron chi connectivity index (χ2n) is 8.87. The van der Waals surface area contributed by atoms with Gasteiger partial charge in [0.2, 0.25) is 0 Å². The number of nitriles is 1. The highest BCUT2D eigenvalue weighted by Crippen LogP contribution is 2.35. The molecule has 0 atom stereocenters. The van der Waals surface area contributed by atoms with E-state index in [2.05, 4.69) is 21.2 Å². The van der Waals surface area contributed by atoms with E-state index in [4.69, 9.17) is 0 Å². The first-order valence-corrected chi connectivity index (χ1v) is 12.3. The highest BCUT2D eigenvalue weighted by molar-refractivity contribution is 7.93. The average Bonchev–Trinajstić information content (AvgIpc) is 3.11. The molecule has 2 aromatic carbocycles. The maximum atomic E-state index is 12.9. The van der Waals surface area contributed by atoms with E-state index in [-0.39, 0.29) is 34.4 Å². The molecule has 0 aliphatic carbocycles. The molecule has 0 spiro atoms. The summed E-state index contributed by atoms with van der Waals surface area (Å²) < 4.78 is 54.7. The lowest BCUT2D eigenvalue weighted by Crippen LogP contribution is -2.63. The molecule has 1 amide bonds. The number of aromatic nitrogens is 2. The van der Waals surface area contributed by atoms with Crippen molar-refractivity contribution in [2.75, 3.05) is 11.5 Å². The van der Waals surface area contributed by atoms with E-state index in [9.17, 15) is 27.3 Å². The van der Waals surface area contributed by atoms with Crippen molar-refractivity contribution in [3.63, 3.8) is 0 Å². The van der Waals surface area contributed by atoms with Gasteiger partial charge in [0.1, 0.15) is 11.4 Å². The molecule has 2 heterocycles. The zero-order valence-electron chi connectivity index (χ0n) is 18.7. The summed E-state index contributed by atoms with van der Waals surface area (Å²) in [6.07, 6.45) is 0. The molecule has 1 aromatic heterocycles. The van der Waals surface area contributed by atoms with Crippen molar-refractivity contribution in [2.24, 2.45) is 0 Å². The lowest BCUT2D eigenvalue weighted by atomic mass is 9.99. The minimum Gasteiger partial charge on any atom is -0.435 e. The molecule has 1 aliphatic heterocycles. The van der Waals surface area contributed by atoms with Gasteiger partial charge in [-0.25, -0.2) is 8.42 Å². The number of rotatable bonds is 6. The van der Waals surface area contributed by atoms with Gasteiger partial charge in [-0.15, -0.1) is 0 Å². The number of hydrogen-bond donors (Lipinski definition) is 1. The number of fused-ring (bicyclic) bond motifs is 1. The first kappa shape index (κ1) is 23.6. The molecule has 8 nitrogen and oxygen atoms in total. The van der Waals surface area contributed by atoms with Gasteiger partial charge in [0.25, 0.3) is 5.91 Å². The number of carbonyl (C=O) groups excluding carboxylic acids is 1. The molecule has 34 heavy (non-hydrogen) atoms. The smallest absolute Gasteiger partial charge is 0.387 e. The van der Waals surface area contributed by atoms with E-state index in [1.165, 1.54) is 18.2 Å². The number of benzene rings is 2. The monoisotopic (exact) mass is 488 g/mol. The Labute approximate surface area is 195 Å². The Kier molecular flexibility index (Phi) is 5.81. The van der Waals surface area contributed by atoms with Crippen molar-refractivity contribution >= 4 is 26.6 Å². The quantitative estimate of drug-likeness (QED) is 0.566. The Balaban J connectivity index is 1.82. The standard InChI is InChI=1S/C23H22F2N4O4S/c1-13(2)29-18-9-15(21(30)27-23(3)11-34(31,32)12-23)7-16(10-26)19(18)20(28-29)14-5-4-6-17(8-14)33-22(24)25/h4-9,13,22H,11-12H2,1-3H3,(H,27,30). The molecular formula is C23H22F2N4O4S. The second-order valence-corrected chi connectivity index (χ2v) is 10.9. The maximum absolute atomic E-state index is 12.9.